The van der Waals surface area contributed by atoms with Gasteiger partial charge in [0.15, 0.2) is 0 Å². The van der Waals surface area contributed by atoms with Gasteiger partial charge in [0.1, 0.15) is 0 Å². The van der Waals surface area contributed by atoms with Gasteiger partial charge in [-0.3, -0.25) is 0 Å². The van der Waals surface area contributed by atoms with Crippen molar-refractivity contribution >= 4 is 0 Å². The summed E-state index contributed by atoms with van der Waals surface area (Å²) in [7, 11) is 0. The van der Waals surface area contributed by atoms with Gasteiger partial charge in [0, 0.05) is 17.8 Å². The number of rotatable bonds is 1. The van der Waals surface area contributed by atoms with Gasteiger partial charge >= 0.3 is 0 Å². The second-order valence-corrected chi connectivity index (χ2v) is 4.91. The summed E-state index contributed by atoms with van der Waals surface area (Å²) < 4.78 is 0. The molecule has 1 fully saturated rings. The maximum atomic E-state index is 4.13. The molecule has 0 saturated carbocycles. The third-order valence-corrected chi connectivity index (χ3v) is 3.13. The molecule has 0 bridgehead atoms. The highest BCUT2D eigenvalue weighted by Gasteiger charge is 2.39. The normalized spacial score (nSPS) is 28.7. The SMILES string of the molecule is C=C1CC(C)(C)C(C)N1C(C)C. The van der Waals surface area contributed by atoms with Crippen LogP contribution in [0.1, 0.15) is 41.0 Å². The van der Waals surface area contributed by atoms with Gasteiger partial charge in [0.05, 0.1) is 0 Å². The van der Waals surface area contributed by atoms with Gasteiger partial charge in [-0.25, -0.2) is 0 Å². The van der Waals surface area contributed by atoms with Crippen molar-refractivity contribution in [2.45, 2.75) is 53.1 Å². The monoisotopic (exact) mass is 167 g/mol. The van der Waals surface area contributed by atoms with Gasteiger partial charge in [0.2, 0.25) is 0 Å². The zero-order valence-electron chi connectivity index (χ0n) is 9.02. The minimum Gasteiger partial charge on any atom is -0.370 e. The molecule has 1 nitrogen and oxygen atoms in total. The van der Waals surface area contributed by atoms with Crippen molar-refractivity contribution in [1.29, 1.82) is 0 Å². The third-order valence-electron chi connectivity index (χ3n) is 3.13. The number of hydrogen-bond acceptors (Lipinski definition) is 1. The summed E-state index contributed by atoms with van der Waals surface area (Å²) in [5, 5.41) is 0. The fraction of sp³-hybridized carbons (Fsp3) is 0.818. The highest BCUT2D eigenvalue weighted by atomic mass is 15.2. The molecule has 70 valence electrons. The lowest BCUT2D eigenvalue weighted by Gasteiger charge is -2.33. The maximum absolute atomic E-state index is 4.13. The van der Waals surface area contributed by atoms with Crippen LogP contribution in [-0.2, 0) is 0 Å². The van der Waals surface area contributed by atoms with Crippen LogP contribution >= 0.6 is 0 Å². The van der Waals surface area contributed by atoms with E-state index in [1.807, 2.05) is 0 Å². The molecule has 1 rings (SSSR count). The van der Waals surface area contributed by atoms with E-state index in [-0.39, 0.29) is 0 Å². The standard InChI is InChI=1S/C11H21N/c1-8(2)12-9(3)7-11(5,6)10(12)4/h8,10H,3,7H2,1-2,4-6H3. The zero-order valence-corrected chi connectivity index (χ0v) is 9.02. The molecular formula is C11H21N. The summed E-state index contributed by atoms with van der Waals surface area (Å²) in [6.45, 7) is 15.6. The van der Waals surface area contributed by atoms with Gasteiger partial charge in [-0.1, -0.05) is 20.4 Å². The molecule has 1 heterocycles. The summed E-state index contributed by atoms with van der Waals surface area (Å²) in [6.07, 6.45) is 1.15. The smallest absolute Gasteiger partial charge is 0.0316 e. The van der Waals surface area contributed by atoms with Crippen molar-refractivity contribution in [1.82, 2.24) is 4.90 Å². The number of nitrogens with zero attached hydrogens (tertiary/aromatic N) is 1. The molecular weight excluding hydrogens is 146 g/mol. The van der Waals surface area contributed by atoms with Crippen LogP contribution in [0.25, 0.3) is 0 Å². The lowest BCUT2D eigenvalue weighted by atomic mass is 9.85. The van der Waals surface area contributed by atoms with Crippen molar-refractivity contribution in [2.75, 3.05) is 0 Å². The molecule has 0 amide bonds. The minimum absolute atomic E-state index is 0.404. The number of hydrogen-bond donors (Lipinski definition) is 0. The predicted octanol–water partition coefficient (Wildman–Crippen LogP) is 3.03. The van der Waals surface area contributed by atoms with Crippen molar-refractivity contribution < 1.29 is 0 Å². The van der Waals surface area contributed by atoms with Crippen LogP contribution in [0.3, 0.4) is 0 Å². The summed E-state index contributed by atoms with van der Waals surface area (Å²) in [6, 6.07) is 1.22. The largest absolute Gasteiger partial charge is 0.370 e. The lowest BCUT2D eigenvalue weighted by molar-refractivity contribution is 0.180. The molecule has 1 aliphatic rings. The van der Waals surface area contributed by atoms with Gasteiger partial charge < -0.3 is 4.90 Å². The Morgan fingerprint density at radius 3 is 2.17 bits per heavy atom. The van der Waals surface area contributed by atoms with Gasteiger partial charge in [-0.05, 0) is 32.6 Å². The Kier molecular flexibility index (Phi) is 2.24. The van der Waals surface area contributed by atoms with E-state index in [1.54, 1.807) is 0 Å². The van der Waals surface area contributed by atoms with E-state index >= 15 is 0 Å². The minimum atomic E-state index is 0.404. The van der Waals surface area contributed by atoms with Crippen LogP contribution in [0.15, 0.2) is 12.3 Å². The summed E-state index contributed by atoms with van der Waals surface area (Å²) in [5.74, 6) is 0. The molecule has 0 radical (unpaired) electrons. The van der Waals surface area contributed by atoms with Crippen molar-refractivity contribution in [2.24, 2.45) is 5.41 Å². The molecule has 1 atom stereocenters. The number of likely N-dealkylation sites (tertiary alicyclic amines) is 1. The first-order valence-corrected chi connectivity index (χ1v) is 4.82. The molecule has 1 heteroatoms. The van der Waals surface area contributed by atoms with Gasteiger partial charge in [-0.15, -0.1) is 0 Å². The first kappa shape index (κ1) is 9.63. The van der Waals surface area contributed by atoms with Gasteiger partial charge in [0.25, 0.3) is 0 Å². The van der Waals surface area contributed by atoms with Crippen molar-refractivity contribution in [3.8, 4) is 0 Å². The fourth-order valence-corrected chi connectivity index (χ4v) is 2.23. The van der Waals surface area contributed by atoms with Crippen LogP contribution in [0.2, 0.25) is 0 Å². The van der Waals surface area contributed by atoms with E-state index in [2.05, 4.69) is 46.1 Å². The molecule has 0 aromatic heterocycles. The van der Waals surface area contributed by atoms with Crippen LogP contribution in [0.4, 0.5) is 0 Å². The Labute approximate surface area is 76.5 Å². The highest BCUT2D eigenvalue weighted by Crippen LogP contribution is 2.42. The van der Waals surface area contributed by atoms with E-state index < -0.39 is 0 Å². The summed E-state index contributed by atoms with van der Waals surface area (Å²) >= 11 is 0. The third kappa shape index (κ3) is 1.37. The second-order valence-electron chi connectivity index (χ2n) is 4.91. The van der Waals surface area contributed by atoms with E-state index in [9.17, 15) is 0 Å². The maximum Gasteiger partial charge on any atom is 0.0316 e. The topological polar surface area (TPSA) is 3.24 Å². The predicted molar refractivity (Wildman–Crippen MR) is 54.0 cm³/mol. The Hall–Kier alpha value is -0.460. The molecule has 12 heavy (non-hydrogen) atoms. The van der Waals surface area contributed by atoms with E-state index in [4.69, 9.17) is 0 Å². The average Bonchev–Trinajstić information content (AvgIpc) is 2.02. The molecule has 0 aliphatic carbocycles. The first-order valence-electron chi connectivity index (χ1n) is 4.82. The van der Waals surface area contributed by atoms with Crippen molar-refractivity contribution in [3.05, 3.63) is 12.3 Å². The Morgan fingerprint density at radius 1 is 1.50 bits per heavy atom. The zero-order chi connectivity index (χ0) is 9.52. The molecule has 0 N–H and O–H groups in total. The first-order chi connectivity index (χ1) is 5.36. The van der Waals surface area contributed by atoms with Crippen LogP contribution < -0.4 is 0 Å². The summed E-state index contributed by atoms with van der Waals surface area (Å²) in [5.41, 5.74) is 1.71. The molecule has 1 aliphatic heterocycles. The van der Waals surface area contributed by atoms with E-state index in [0.29, 0.717) is 17.5 Å². The molecule has 0 aromatic rings. The van der Waals surface area contributed by atoms with Crippen LogP contribution in [-0.4, -0.2) is 17.0 Å². The Balaban J connectivity index is 2.85. The highest BCUT2D eigenvalue weighted by molar-refractivity contribution is 5.11. The molecule has 0 aromatic carbocycles. The second kappa shape index (κ2) is 2.79. The number of allylic oxidation sites excluding steroid dienone is 1. The van der Waals surface area contributed by atoms with Crippen molar-refractivity contribution in [3.63, 3.8) is 0 Å². The average molecular weight is 167 g/mol. The van der Waals surface area contributed by atoms with Gasteiger partial charge in [-0.2, -0.15) is 0 Å². The molecule has 1 unspecified atom stereocenters. The quantitative estimate of drug-likeness (QED) is 0.580. The molecule has 1 saturated heterocycles. The fourth-order valence-electron chi connectivity index (χ4n) is 2.23. The van der Waals surface area contributed by atoms with E-state index in [1.165, 1.54) is 5.70 Å². The Morgan fingerprint density at radius 2 is 2.00 bits per heavy atom. The lowest BCUT2D eigenvalue weighted by Crippen LogP contribution is -2.37. The Bertz CT molecular complexity index is 191. The van der Waals surface area contributed by atoms with Crippen LogP contribution in [0, 0.1) is 5.41 Å². The van der Waals surface area contributed by atoms with Crippen LogP contribution in [0.5, 0.6) is 0 Å². The summed E-state index contributed by atoms with van der Waals surface area (Å²) in [4.78, 5) is 2.44. The molecule has 0 spiro atoms. The van der Waals surface area contributed by atoms with E-state index in [0.717, 1.165) is 6.42 Å².